The Hall–Kier alpha value is -0.0600. The fourth-order valence-electron chi connectivity index (χ4n) is 1.34. The Morgan fingerprint density at radius 1 is 0.667 bits per heavy atom. The van der Waals surface area contributed by atoms with Crippen molar-refractivity contribution in [1.29, 1.82) is 0 Å². The summed E-state index contributed by atoms with van der Waals surface area (Å²) in [6, 6.07) is 0. The first-order valence-corrected chi connectivity index (χ1v) is 9.54. The number of ether oxygens (including phenoxy) is 5. The Morgan fingerprint density at radius 2 is 1.00 bits per heavy atom. The van der Waals surface area contributed by atoms with Gasteiger partial charge in [0.2, 0.25) is 7.57 Å². The van der Waals surface area contributed by atoms with Crippen molar-refractivity contribution in [1.82, 2.24) is 0 Å². The van der Waals surface area contributed by atoms with Crippen molar-refractivity contribution < 1.29 is 42.7 Å². The molecule has 10 heteroatoms. The van der Waals surface area contributed by atoms with Crippen LogP contribution in [-0.4, -0.2) is 103 Å². The average molecular weight is 374 g/mol. The summed E-state index contributed by atoms with van der Waals surface area (Å²) in [5.74, 6) is 0. The molecular weight excluding hydrogens is 343 g/mol. The summed E-state index contributed by atoms with van der Waals surface area (Å²) in [7, 11) is -1.57. The molecule has 1 unspecified atom stereocenters. The highest BCUT2D eigenvalue weighted by Gasteiger charge is 2.07. The van der Waals surface area contributed by atoms with Crippen LogP contribution in [0.1, 0.15) is 0 Å². The monoisotopic (exact) mass is 374 g/mol. The van der Waals surface area contributed by atoms with E-state index in [2.05, 4.69) is 10.8 Å². The Labute approximate surface area is 143 Å². The van der Waals surface area contributed by atoms with E-state index in [0.29, 0.717) is 66.1 Å². The highest BCUT2D eigenvalue weighted by Crippen LogP contribution is 2.40. The number of aliphatic hydroxyl groups excluding tert-OH is 1. The van der Waals surface area contributed by atoms with E-state index in [4.69, 9.17) is 33.3 Å². The van der Waals surface area contributed by atoms with Crippen LogP contribution in [0.2, 0.25) is 0 Å². The van der Waals surface area contributed by atoms with Crippen molar-refractivity contribution in [3.63, 3.8) is 0 Å². The van der Waals surface area contributed by atoms with E-state index in [1.807, 2.05) is 0 Å². The maximum atomic E-state index is 9.39. The third-order valence-electron chi connectivity index (χ3n) is 2.53. The van der Waals surface area contributed by atoms with Gasteiger partial charge in [-0.1, -0.05) is 0 Å². The number of rotatable bonds is 19. The molecule has 9 nitrogen and oxygen atoms in total. The highest BCUT2D eigenvalue weighted by atomic mass is 31.2. The van der Waals surface area contributed by atoms with Crippen LogP contribution >= 0.6 is 7.57 Å². The van der Waals surface area contributed by atoms with Crippen molar-refractivity contribution in [2.75, 3.05) is 86.4 Å². The SMILES string of the molecule is C=P(O)(OC)OCCOCCOCCOCCOCCOCCO. The summed E-state index contributed by atoms with van der Waals surface area (Å²) in [5.41, 5.74) is 0. The standard InChI is InChI=1S/C14H31O9P/c1-17-24(2,16)23-14-13-22-12-11-21-10-9-20-8-7-19-6-5-18-4-3-15/h15-16H,2-14H2,1H3. The van der Waals surface area contributed by atoms with Crippen molar-refractivity contribution in [2.24, 2.45) is 0 Å². The van der Waals surface area contributed by atoms with Gasteiger partial charge in [-0.3, -0.25) is 0 Å². The normalized spacial score (nSPS) is 14.0. The molecule has 0 heterocycles. The molecular formula is C14H31O9P. The van der Waals surface area contributed by atoms with Crippen molar-refractivity contribution in [2.45, 2.75) is 0 Å². The van der Waals surface area contributed by atoms with Gasteiger partial charge < -0.3 is 42.7 Å². The summed E-state index contributed by atoms with van der Waals surface area (Å²) < 4.78 is 35.9. The van der Waals surface area contributed by atoms with E-state index in [9.17, 15) is 4.89 Å². The zero-order valence-corrected chi connectivity index (χ0v) is 15.3. The van der Waals surface area contributed by atoms with Crippen LogP contribution in [0.25, 0.3) is 0 Å². The van der Waals surface area contributed by atoms with E-state index >= 15 is 0 Å². The molecule has 0 spiro atoms. The third-order valence-corrected chi connectivity index (χ3v) is 3.69. The maximum absolute atomic E-state index is 9.39. The quantitative estimate of drug-likeness (QED) is 0.237. The van der Waals surface area contributed by atoms with Gasteiger partial charge in [0.15, 0.2) is 0 Å². The highest BCUT2D eigenvalue weighted by molar-refractivity contribution is 7.58. The fourth-order valence-corrected chi connectivity index (χ4v) is 1.80. The van der Waals surface area contributed by atoms with Crippen molar-refractivity contribution in [3.8, 4) is 0 Å². The second kappa shape index (κ2) is 17.8. The van der Waals surface area contributed by atoms with Gasteiger partial charge in [0.25, 0.3) is 0 Å². The van der Waals surface area contributed by atoms with Crippen LogP contribution in [0.4, 0.5) is 0 Å². The van der Waals surface area contributed by atoms with Gasteiger partial charge in [-0.25, -0.2) is 0 Å². The molecule has 0 amide bonds. The average Bonchev–Trinajstić information content (AvgIpc) is 2.57. The second-order valence-corrected chi connectivity index (χ2v) is 6.34. The molecule has 0 aromatic heterocycles. The van der Waals surface area contributed by atoms with E-state index in [0.717, 1.165) is 0 Å². The third kappa shape index (κ3) is 18.3. The van der Waals surface area contributed by atoms with Crippen LogP contribution in [-0.2, 0) is 32.7 Å². The summed E-state index contributed by atoms with van der Waals surface area (Å²) in [5, 5.41) is 8.49. The zero-order valence-electron chi connectivity index (χ0n) is 14.4. The lowest BCUT2D eigenvalue weighted by Gasteiger charge is -2.15. The van der Waals surface area contributed by atoms with Crippen molar-refractivity contribution in [3.05, 3.63) is 0 Å². The minimum absolute atomic E-state index is 0.0244. The molecule has 24 heavy (non-hydrogen) atoms. The van der Waals surface area contributed by atoms with Gasteiger partial charge >= 0.3 is 0 Å². The predicted molar refractivity (Wildman–Crippen MR) is 90.4 cm³/mol. The number of hydrogen-bond acceptors (Lipinski definition) is 9. The molecule has 0 aliphatic carbocycles. The van der Waals surface area contributed by atoms with E-state index in [1.54, 1.807) is 0 Å². The summed E-state index contributed by atoms with van der Waals surface area (Å²) >= 11 is 0. The number of aliphatic hydroxyl groups is 1. The van der Waals surface area contributed by atoms with Gasteiger partial charge in [0, 0.05) is 7.11 Å². The van der Waals surface area contributed by atoms with Crippen LogP contribution in [0.5, 0.6) is 0 Å². The molecule has 0 aliphatic heterocycles. The molecule has 0 saturated heterocycles. The topological polar surface area (TPSA) is 105 Å². The second-order valence-electron chi connectivity index (χ2n) is 4.44. The Kier molecular flexibility index (Phi) is 17.7. The van der Waals surface area contributed by atoms with Gasteiger partial charge in [-0.15, -0.1) is 0 Å². The molecule has 0 aromatic rings. The lowest BCUT2D eigenvalue weighted by molar-refractivity contribution is -0.0149. The van der Waals surface area contributed by atoms with E-state index in [1.165, 1.54) is 7.11 Å². The Morgan fingerprint density at radius 3 is 1.33 bits per heavy atom. The molecule has 146 valence electrons. The van der Waals surface area contributed by atoms with Crippen LogP contribution < -0.4 is 0 Å². The van der Waals surface area contributed by atoms with Gasteiger partial charge in [0.05, 0.1) is 79.3 Å². The van der Waals surface area contributed by atoms with Gasteiger partial charge in [-0.2, -0.15) is 0 Å². The predicted octanol–water partition coefficient (Wildman–Crippen LogP) is -0.0884. The minimum atomic E-state index is -2.92. The summed E-state index contributed by atoms with van der Waals surface area (Å²) in [6.07, 6.45) is 3.40. The Bertz CT molecular complexity index is 304. The molecule has 0 bridgehead atoms. The lowest BCUT2D eigenvalue weighted by atomic mass is 10.7. The first-order chi connectivity index (χ1) is 11.6. The van der Waals surface area contributed by atoms with Crippen LogP contribution in [0.3, 0.4) is 0 Å². The van der Waals surface area contributed by atoms with Gasteiger partial charge in [0.1, 0.15) is 0 Å². The molecule has 0 saturated carbocycles. The van der Waals surface area contributed by atoms with E-state index < -0.39 is 7.57 Å². The van der Waals surface area contributed by atoms with Crippen LogP contribution in [0.15, 0.2) is 0 Å². The fraction of sp³-hybridized carbons (Fsp3) is 0.929. The molecule has 0 aliphatic rings. The maximum Gasteiger partial charge on any atom is 0.247 e. The molecule has 1 atom stereocenters. The first-order valence-electron chi connectivity index (χ1n) is 7.78. The first kappa shape index (κ1) is 23.9. The van der Waals surface area contributed by atoms with E-state index in [-0.39, 0.29) is 13.2 Å². The smallest absolute Gasteiger partial charge is 0.247 e. The van der Waals surface area contributed by atoms with Crippen molar-refractivity contribution >= 4 is 13.9 Å². The molecule has 0 fully saturated rings. The van der Waals surface area contributed by atoms with Gasteiger partial charge in [-0.05, 0) is 6.30 Å². The minimum Gasteiger partial charge on any atom is -0.394 e. The lowest BCUT2D eigenvalue weighted by Crippen LogP contribution is -2.14. The molecule has 2 N–H and O–H groups in total. The summed E-state index contributed by atoms with van der Waals surface area (Å²) in [6.45, 7) is 4.70. The summed E-state index contributed by atoms with van der Waals surface area (Å²) in [4.78, 5) is 9.39. The number of hydrogen-bond donors (Lipinski definition) is 2. The molecule has 0 aromatic carbocycles. The molecule has 0 rings (SSSR count). The largest absolute Gasteiger partial charge is 0.394 e. The molecule has 0 radical (unpaired) electrons. The zero-order chi connectivity index (χ0) is 17.9. The van der Waals surface area contributed by atoms with Crippen LogP contribution in [0, 0.1) is 0 Å². The Balaban J connectivity index is 3.06.